The van der Waals surface area contributed by atoms with Gasteiger partial charge in [-0.25, -0.2) is 4.98 Å². The Morgan fingerprint density at radius 3 is 3.04 bits per heavy atom. The van der Waals surface area contributed by atoms with E-state index in [1.165, 1.54) is 0 Å². The fourth-order valence-electron chi connectivity index (χ4n) is 3.37. The Hall–Kier alpha value is -1.87. The molecule has 0 amide bonds. The van der Waals surface area contributed by atoms with Gasteiger partial charge in [0.2, 0.25) is 0 Å². The quantitative estimate of drug-likeness (QED) is 0.411. The number of pyridine rings is 1. The number of rotatable bonds is 6. The molecule has 0 spiro atoms. The van der Waals surface area contributed by atoms with Crippen molar-refractivity contribution in [2.45, 2.75) is 36.4 Å². The van der Waals surface area contributed by atoms with Gasteiger partial charge in [-0.3, -0.25) is 4.57 Å². The van der Waals surface area contributed by atoms with Gasteiger partial charge in [-0.2, -0.15) is 0 Å². The van der Waals surface area contributed by atoms with Gasteiger partial charge in [-0.05, 0) is 36.4 Å². The molecule has 1 unspecified atom stereocenters. The van der Waals surface area contributed by atoms with E-state index in [1.807, 2.05) is 35.0 Å². The van der Waals surface area contributed by atoms with Gasteiger partial charge in [-0.1, -0.05) is 29.4 Å². The third-order valence-electron chi connectivity index (χ3n) is 4.68. The van der Waals surface area contributed by atoms with E-state index >= 15 is 0 Å². The van der Waals surface area contributed by atoms with Crippen LogP contribution in [-0.4, -0.2) is 36.9 Å². The summed E-state index contributed by atoms with van der Waals surface area (Å²) in [7, 11) is 0. The van der Waals surface area contributed by atoms with E-state index in [-0.39, 0.29) is 6.10 Å². The molecule has 0 N–H and O–H groups in total. The number of hydrogen-bond acceptors (Lipinski definition) is 6. The minimum atomic E-state index is 0.228. The number of thiophene rings is 1. The lowest BCUT2D eigenvalue weighted by Gasteiger charge is -2.14. The van der Waals surface area contributed by atoms with Crippen molar-refractivity contribution in [3.05, 3.63) is 52.8 Å². The molecule has 0 aromatic carbocycles. The maximum absolute atomic E-state index is 6.07. The molecular weight excluding hydrogens is 414 g/mol. The van der Waals surface area contributed by atoms with Crippen LogP contribution in [0.3, 0.4) is 0 Å². The zero-order chi connectivity index (χ0) is 18.9. The number of ether oxygens (including phenoxy) is 1. The number of fused-ring (bicyclic) bond motifs is 1. The van der Waals surface area contributed by atoms with Gasteiger partial charge in [-0.15, -0.1) is 21.5 Å². The fraction of sp³-hybridized carbons (Fsp3) is 0.316. The minimum absolute atomic E-state index is 0.228. The zero-order valence-corrected chi connectivity index (χ0v) is 17.4. The van der Waals surface area contributed by atoms with Gasteiger partial charge < -0.3 is 9.14 Å². The molecule has 1 aliphatic heterocycles. The number of halogens is 1. The second kappa shape index (κ2) is 7.87. The van der Waals surface area contributed by atoms with E-state index in [0.29, 0.717) is 10.8 Å². The summed E-state index contributed by atoms with van der Waals surface area (Å²) in [6, 6.07) is 7.90. The third kappa shape index (κ3) is 3.69. The van der Waals surface area contributed by atoms with Crippen molar-refractivity contribution in [2.24, 2.45) is 0 Å². The number of aromatic nitrogens is 5. The molecule has 1 aliphatic rings. The van der Waals surface area contributed by atoms with Gasteiger partial charge in [0.25, 0.3) is 0 Å². The molecule has 0 radical (unpaired) electrons. The molecule has 5 heterocycles. The largest absolute Gasteiger partial charge is 0.376 e. The molecule has 144 valence electrons. The first-order valence-electron chi connectivity index (χ1n) is 9.11. The Morgan fingerprint density at radius 2 is 2.21 bits per heavy atom. The second-order valence-electron chi connectivity index (χ2n) is 6.66. The topological polar surface area (TPSA) is 57.2 Å². The van der Waals surface area contributed by atoms with Crippen molar-refractivity contribution in [3.63, 3.8) is 0 Å². The van der Waals surface area contributed by atoms with Gasteiger partial charge in [0, 0.05) is 24.8 Å². The van der Waals surface area contributed by atoms with E-state index < -0.39 is 0 Å². The van der Waals surface area contributed by atoms with Crippen LogP contribution >= 0.6 is 34.7 Å². The normalized spacial score (nSPS) is 17.0. The monoisotopic (exact) mass is 431 g/mol. The van der Waals surface area contributed by atoms with Crippen LogP contribution < -0.4 is 0 Å². The minimum Gasteiger partial charge on any atom is -0.376 e. The van der Waals surface area contributed by atoms with Gasteiger partial charge in [0.05, 0.1) is 28.2 Å². The lowest BCUT2D eigenvalue weighted by Crippen LogP contribution is -2.16. The molecular formula is C19H18ClN5OS2. The second-order valence-corrected chi connectivity index (χ2v) is 8.99. The molecule has 4 aromatic rings. The number of hydrogen-bond donors (Lipinski definition) is 0. The van der Waals surface area contributed by atoms with Gasteiger partial charge in [0.15, 0.2) is 11.0 Å². The highest BCUT2D eigenvalue weighted by atomic mass is 35.5. The Balaban J connectivity index is 1.40. The number of imidazole rings is 1. The highest BCUT2D eigenvalue weighted by Gasteiger charge is 2.22. The molecule has 0 bridgehead atoms. The van der Waals surface area contributed by atoms with Crippen LogP contribution in [0.1, 0.15) is 18.5 Å². The van der Waals surface area contributed by atoms with Gasteiger partial charge in [0.1, 0.15) is 5.65 Å². The van der Waals surface area contributed by atoms with Crippen molar-refractivity contribution < 1.29 is 4.74 Å². The maximum atomic E-state index is 6.07. The summed E-state index contributed by atoms with van der Waals surface area (Å²) in [6.45, 7) is 1.62. The summed E-state index contributed by atoms with van der Waals surface area (Å²) < 4.78 is 10.0. The summed E-state index contributed by atoms with van der Waals surface area (Å²) in [5.41, 5.74) is 1.87. The summed E-state index contributed by atoms with van der Waals surface area (Å²) in [4.78, 5) is 5.79. The first-order valence-corrected chi connectivity index (χ1v) is 11.4. The van der Waals surface area contributed by atoms with Crippen LogP contribution in [-0.2, 0) is 17.0 Å². The molecule has 4 aromatic heterocycles. The molecule has 5 rings (SSSR count). The average Bonchev–Trinajstić information content (AvgIpc) is 3.47. The first kappa shape index (κ1) is 18.2. The smallest absolute Gasteiger partial charge is 0.191 e. The maximum Gasteiger partial charge on any atom is 0.191 e. The number of thioether (sulfide) groups is 1. The van der Waals surface area contributed by atoms with E-state index in [0.717, 1.165) is 53.2 Å². The Kier molecular flexibility index (Phi) is 5.11. The van der Waals surface area contributed by atoms with Crippen LogP contribution in [0.5, 0.6) is 0 Å². The molecule has 0 saturated carbocycles. The van der Waals surface area contributed by atoms with Crippen LogP contribution in [0.4, 0.5) is 0 Å². The molecule has 1 atom stereocenters. The standard InChI is InChI=1S/C19H18ClN5OS2/c20-13-5-6-17-21-14(10-24(17)9-13)12-28-19-23-22-18(16-4-2-8-27-16)25(19)11-15-3-1-7-26-15/h2,4-6,8-10,15H,1,3,7,11-12H2. The Labute approximate surface area is 175 Å². The van der Waals surface area contributed by atoms with Crippen LogP contribution in [0.25, 0.3) is 16.3 Å². The zero-order valence-electron chi connectivity index (χ0n) is 15.0. The summed E-state index contributed by atoms with van der Waals surface area (Å²) in [5.74, 6) is 1.63. The molecule has 1 saturated heterocycles. The Bertz CT molecular complexity index is 1090. The fourth-order valence-corrected chi connectivity index (χ4v) is 5.08. The summed E-state index contributed by atoms with van der Waals surface area (Å²) in [6.07, 6.45) is 6.31. The van der Waals surface area contributed by atoms with Crippen molar-refractivity contribution in [1.82, 2.24) is 24.1 Å². The van der Waals surface area contributed by atoms with E-state index in [1.54, 1.807) is 23.1 Å². The van der Waals surface area contributed by atoms with Crippen LogP contribution in [0, 0.1) is 0 Å². The molecule has 9 heteroatoms. The lowest BCUT2D eigenvalue weighted by molar-refractivity contribution is 0.0953. The molecule has 0 aliphatic carbocycles. The van der Waals surface area contributed by atoms with Crippen LogP contribution in [0.2, 0.25) is 5.02 Å². The van der Waals surface area contributed by atoms with E-state index in [9.17, 15) is 0 Å². The lowest BCUT2D eigenvalue weighted by atomic mass is 10.2. The SMILES string of the molecule is Clc1ccc2nc(CSc3nnc(-c4cccs4)n3CC3CCCO3)cn2c1. The molecule has 28 heavy (non-hydrogen) atoms. The Morgan fingerprint density at radius 1 is 1.25 bits per heavy atom. The number of nitrogens with zero attached hydrogens (tertiary/aromatic N) is 5. The van der Waals surface area contributed by atoms with Gasteiger partial charge >= 0.3 is 0 Å². The van der Waals surface area contributed by atoms with E-state index in [4.69, 9.17) is 16.3 Å². The molecule has 6 nitrogen and oxygen atoms in total. The first-order chi connectivity index (χ1) is 13.8. The average molecular weight is 432 g/mol. The van der Waals surface area contributed by atoms with Crippen molar-refractivity contribution in [2.75, 3.05) is 6.61 Å². The molecule has 1 fully saturated rings. The van der Waals surface area contributed by atoms with Crippen molar-refractivity contribution >= 4 is 40.3 Å². The highest BCUT2D eigenvalue weighted by molar-refractivity contribution is 7.98. The summed E-state index contributed by atoms with van der Waals surface area (Å²) >= 11 is 9.40. The predicted octanol–water partition coefficient (Wildman–Crippen LogP) is 4.78. The van der Waals surface area contributed by atoms with Crippen molar-refractivity contribution in [3.8, 4) is 10.7 Å². The third-order valence-corrected chi connectivity index (χ3v) is 6.77. The van der Waals surface area contributed by atoms with Crippen LogP contribution in [0.15, 0.2) is 47.2 Å². The highest BCUT2D eigenvalue weighted by Crippen LogP contribution is 2.30. The van der Waals surface area contributed by atoms with E-state index in [2.05, 4.69) is 31.2 Å². The predicted molar refractivity (Wildman–Crippen MR) is 112 cm³/mol. The summed E-state index contributed by atoms with van der Waals surface area (Å²) in [5, 5.41) is 12.6. The van der Waals surface area contributed by atoms with Crippen molar-refractivity contribution in [1.29, 1.82) is 0 Å².